The van der Waals surface area contributed by atoms with Crippen molar-refractivity contribution in [3.8, 4) is 11.5 Å². The molecule has 0 aliphatic rings. The van der Waals surface area contributed by atoms with Crippen molar-refractivity contribution in [1.82, 2.24) is 16.2 Å². The molecule has 0 aromatic heterocycles. The van der Waals surface area contributed by atoms with E-state index in [9.17, 15) is 9.59 Å². The molecule has 0 bridgehead atoms. The van der Waals surface area contributed by atoms with Crippen LogP contribution >= 0.6 is 44.1 Å². The van der Waals surface area contributed by atoms with E-state index in [1.54, 1.807) is 24.3 Å². The van der Waals surface area contributed by atoms with Gasteiger partial charge in [0.25, 0.3) is 11.8 Å². The molecule has 0 saturated carbocycles. The molecular formula is C22H19Br2N3O4S. The molecule has 0 spiro atoms. The fourth-order valence-electron chi connectivity index (χ4n) is 2.75. The molecule has 2 amide bonds. The van der Waals surface area contributed by atoms with Crippen LogP contribution in [0.15, 0.2) is 63.5 Å². The first kappa shape index (κ1) is 24.0. The fourth-order valence-corrected chi connectivity index (χ4v) is 4.00. The van der Waals surface area contributed by atoms with Gasteiger partial charge in [-0.05, 0) is 86.0 Å². The number of nitrogens with one attached hydrogen (secondary N) is 3. The quantitative estimate of drug-likeness (QED) is 0.294. The van der Waals surface area contributed by atoms with Crippen LogP contribution in [0.3, 0.4) is 0 Å². The second-order valence-electron chi connectivity index (χ2n) is 6.42. The number of hydrogen-bond donors (Lipinski definition) is 3. The molecule has 3 N–H and O–H groups in total. The summed E-state index contributed by atoms with van der Waals surface area (Å²) in [6.07, 6.45) is 0. The van der Waals surface area contributed by atoms with Gasteiger partial charge >= 0.3 is 0 Å². The number of hydrazine groups is 1. The molecule has 0 saturated heterocycles. The lowest BCUT2D eigenvalue weighted by molar-refractivity contribution is -0.123. The molecule has 0 aliphatic carbocycles. The zero-order valence-corrected chi connectivity index (χ0v) is 20.9. The number of thiocarbonyl (C=S) groups is 1. The lowest BCUT2D eigenvalue weighted by Gasteiger charge is -2.13. The van der Waals surface area contributed by atoms with E-state index in [0.29, 0.717) is 28.1 Å². The largest absolute Gasteiger partial charge is 0.493 e. The van der Waals surface area contributed by atoms with Crippen LogP contribution in [0, 0.1) is 0 Å². The standard InChI is InChI=1S/C22H19Br2N3O4S/c1-2-30-17-9-8-14(11-16(17)23)21(29)25-22(32)27-26-19(28)12-31-18-10-7-13-5-3-4-6-15(13)20(18)24/h3-11H,2,12H2,1H3,(H,26,28)(H2,25,27,29,32). The summed E-state index contributed by atoms with van der Waals surface area (Å²) in [6, 6.07) is 16.4. The number of ether oxygens (including phenoxy) is 2. The SMILES string of the molecule is CCOc1ccc(C(=O)NC(=S)NNC(=O)COc2ccc3ccccc3c2Br)cc1Br. The Morgan fingerprint density at radius 1 is 0.969 bits per heavy atom. The number of fused-ring (bicyclic) bond motifs is 1. The highest BCUT2D eigenvalue weighted by molar-refractivity contribution is 9.11. The molecule has 3 aromatic rings. The number of carbonyl (C=O) groups excluding carboxylic acids is 2. The molecule has 3 aromatic carbocycles. The monoisotopic (exact) mass is 579 g/mol. The van der Waals surface area contributed by atoms with Crippen LogP contribution in [-0.2, 0) is 4.79 Å². The second kappa shape index (κ2) is 11.3. The third-order valence-electron chi connectivity index (χ3n) is 4.22. The van der Waals surface area contributed by atoms with Crippen LogP contribution < -0.4 is 25.6 Å². The molecular weight excluding hydrogens is 562 g/mol. The summed E-state index contributed by atoms with van der Waals surface area (Å²) in [5.74, 6) is 0.271. The third-order valence-corrected chi connectivity index (χ3v) is 5.86. The number of halogens is 2. The molecule has 0 atom stereocenters. The normalized spacial score (nSPS) is 10.3. The molecule has 7 nitrogen and oxygen atoms in total. The lowest BCUT2D eigenvalue weighted by Crippen LogP contribution is -2.49. The zero-order chi connectivity index (χ0) is 23.1. The Bertz CT molecular complexity index is 1170. The highest BCUT2D eigenvalue weighted by Gasteiger charge is 2.12. The van der Waals surface area contributed by atoms with Crippen LogP contribution in [0.4, 0.5) is 0 Å². The van der Waals surface area contributed by atoms with E-state index in [0.717, 1.165) is 15.2 Å². The second-order valence-corrected chi connectivity index (χ2v) is 8.48. The highest BCUT2D eigenvalue weighted by atomic mass is 79.9. The predicted octanol–water partition coefficient (Wildman–Crippen LogP) is 4.48. The van der Waals surface area contributed by atoms with Gasteiger partial charge in [-0.25, -0.2) is 0 Å². The van der Waals surface area contributed by atoms with Crippen LogP contribution in [-0.4, -0.2) is 30.1 Å². The van der Waals surface area contributed by atoms with Crippen molar-refractivity contribution >= 4 is 71.8 Å². The molecule has 0 fully saturated rings. The van der Waals surface area contributed by atoms with Gasteiger partial charge in [-0.15, -0.1) is 0 Å². The Kier molecular flexibility index (Phi) is 8.43. The van der Waals surface area contributed by atoms with Crippen molar-refractivity contribution in [2.45, 2.75) is 6.92 Å². The molecule has 32 heavy (non-hydrogen) atoms. The molecule has 10 heteroatoms. The van der Waals surface area contributed by atoms with Gasteiger partial charge in [0.2, 0.25) is 0 Å². The van der Waals surface area contributed by atoms with Crippen LogP contribution in [0.1, 0.15) is 17.3 Å². The Morgan fingerprint density at radius 2 is 1.72 bits per heavy atom. The number of hydrogen-bond acceptors (Lipinski definition) is 5. The Labute approximate surface area is 207 Å². The van der Waals surface area contributed by atoms with Crippen molar-refractivity contribution in [3.63, 3.8) is 0 Å². The molecule has 0 aliphatic heterocycles. The maximum Gasteiger partial charge on any atom is 0.276 e. The number of rotatable bonds is 6. The number of amides is 2. The third kappa shape index (κ3) is 6.18. The zero-order valence-electron chi connectivity index (χ0n) is 16.9. The summed E-state index contributed by atoms with van der Waals surface area (Å²) < 4.78 is 12.4. The lowest BCUT2D eigenvalue weighted by atomic mass is 10.1. The first-order chi connectivity index (χ1) is 15.4. The van der Waals surface area contributed by atoms with Crippen LogP contribution in [0.2, 0.25) is 0 Å². The molecule has 0 unspecified atom stereocenters. The van der Waals surface area contributed by atoms with Crippen molar-refractivity contribution in [3.05, 3.63) is 69.1 Å². The summed E-state index contributed by atoms with van der Waals surface area (Å²) in [5.41, 5.74) is 5.25. The van der Waals surface area contributed by atoms with Crippen molar-refractivity contribution < 1.29 is 19.1 Å². The van der Waals surface area contributed by atoms with E-state index in [2.05, 4.69) is 48.0 Å². The van der Waals surface area contributed by atoms with Crippen molar-refractivity contribution in [1.29, 1.82) is 0 Å². The summed E-state index contributed by atoms with van der Waals surface area (Å²) >= 11 is 11.9. The first-order valence-corrected chi connectivity index (χ1v) is 11.5. The Balaban J connectivity index is 1.47. The molecule has 166 valence electrons. The van der Waals surface area contributed by atoms with Crippen molar-refractivity contribution in [2.24, 2.45) is 0 Å². The molecule has 0 heterocycles. The fraction of sp³-hybridized carbons (Fsp3) is 0.136. The average molecular weight is 581 g/mol. The minimum Gasteiger partial charge on any atom is -0.493 e. The van der Waals surface area contributed by atoms with E-state index >= 15 is 0 Å². The molecule has 0 radical (unpaired) electrons. The van der Waals surface area contributed by atoms with E-state index in [-0.39, 0.29) is 11.7 Å². The predicted molar refractivity (Wildman–Crippen MR) is 134 cm³/mol. The van der Waals surface area contributed by atoms with Crippen LogP contribution in [0.25, 0.3) is 10.8 Å². The Hall–Kier alpha value is -2.69. The minimum absolute atomic E-state index is 0.0553. The van der Waals surface area contributed by atoms with Gasteiger partial charge < -0.3 is 9.47 Å². The van der Waals surface area contributed by atoms with Gasteiger partial charge in [0.1, 0.15) is 11.5 Å². The van der Waals surface area contributed by atoms with Gasteiger partial charge in [-0.2, -0.15) is 0 Å². The maximum absolute atomic E-state index is 12.3. The van der Waals surface area contributed by atoms with Gasteiger partial charge in [0, 0.05) is 5.56 Å². The van der Waals surface area contributed by atoms with Gasteiger partial charge in [-0.3, -0.25) is 25.8 Å². The maximum atomic E-state index is 12.3. The minimum atomic E-state index is -0.467. The smallest absolute Gasteiger partial charge is 0.276 e. The first-order valence-electron chi connectivity index (χ1n) is 9.51. The van der Waals surface area contributed by atoms with Gasteiger partial charge in [-0.1, -0.05) is 30.3 Å². The highest BCUT2D eigenvalue weighted by Crippen LogP contribution is 2.33. The van der Waals surface area contributed by atoms with E-state index in [1.807, 2.05) is 37.3 Å². The Morgan fingerprint density at radius 3 is 2.47 bits per heavy atom. The molecule has 3 rings (SSSR count). The van der Waals surface area contributed by atoms with Gasteiger partial charge in [0.15, 0.2) is 11.7 Å². The average Bonchev–Trinajstić information content (AvgIpc) is 2.79. The van der Waals surface area contributed by atoms with Gasteiger partial charge in [0.05, 0.1) is 15.6 Å². The summed E-state index contributed by atoms with van der Waals surface area (Å²) in [7, 11) is 0. The summed E-state index contributed by atoms with van der Waals surface area (Å²) in [4.78, 5) is 24.4. The van der Waals surface area contributed by atoms with E-state index in [4.69, 9.17) is 21.7 Å². The van der Waals surface area contributed by atoms with E-state index in [1.165, 1.54) is 0 Å². The summed E-state index contributed by atoms with van der Waals surface area (Å²) in [6.45, 7) is 2.14. The summed E-state index contributed by atoms with van der Waals surface area (Å²) in [5, 5.41) is 4.47. The topological polar surface area (TPSA) is 88.7 Å². The van der Waals surface area contributed by atoms with Crippen LogP contribution in [0.5, 0.6) is 11.5 Å². The van der Waals surface area contributed by atoms with E-state index < -0.39 is 11.8 Å². The van der Waals surface area contributed by atoms with Crippen molar-refractivity contribution in [2.75, 3.05) is 13.2 Å². The number of carbonyl (C=O) groups is 2. The number of benzene rings is 3.